The van der Waals surface area contributed by atoms with Gasteiger partial charge in [-0.25, -0.2) is 8.42 Å². The Morgan fingerprint density at radius 2 is 1.97 bits per heavy atom. The molecule has 1 N–H and O–H groups in total. The highest BCUT2D eigenvalue weighted by molar-refractivity contribution is 7.89. The van der Waals surface area contributed by atoms with Gasteiger partial charge in [0.1, 0.15) is 5.75 Å². The van der Waals surface area contributed by atoms with Crippen LogP contribution in [0.4, 0.5) is 5.69 Å². The maximum absolute atomic E-state index is 13.4. The molecular formula is C21H31N3O5S. The molecule has 166 valence electrons. The van der Waals surface area contributed by atoms with Crippen molar-refractivity contribution in [3.05, 3.63) is 17.7 Å². The number of carbonyl (C=O) groups excluding carboxylic acids is 2. The van der Waals surface area contributed by atoms with Gasteiger partial charge in [0.2, 0.25) is 15.9 Å². The van der Waals surface area contributed by atoms with Gasteiger partial charge in [-0.15, -0.1) is 0 Å². The number of nitrogens with one attached hydrogen (secondary N) is 1. The Morgan fingerprint density at radius 3 is 2.60 bits per heavy atom. The van der Waals surface area contributed by atoms with Gasteiger partial charge in [-0.3, -0.25) is 9.59 Å². The van der Waals surface area contributed by atoms with E-state index < -0.39 is 16.1 Å². The number of benzene rings is 1. The summed E-state index contributed by atoms with van der Waals surface area (Å²) < 4.78 is 34.0. The maximum Gasteiger partial charge on any atom is 0.265 e. The largest absolute Gasteiger partial charge is 0.478 e. The van der Waals surface area contributed by atoms with E-state index in [-0.39, 0.29) is 29.2 Å². The number of carbonyl (C=O) groups is 2. The van der Waals surface area contributed by atoms with Gasteiger partial charge in [0.05, 0.1) is 16.5 Å². The van der Waals surface area contributed by atoms with E-state index in [1.54, 1.807) is 17.9 Å². The molecule has 1 aromatic carbocycles. The molecule has 2 atom stereocenters. The fourth-order valence-electron chi connectivity index (χ4n) is 4.13. The average molecular weight is 438 g/mol. The number of ether oxygens (including phenoxy) is 1. The molecule has 2 amide bonds. The number of nitrogens with zero attached hydrogens (tertiary/aromatic N) is 2. The van der Waals surface area contributed by atoms with Crippen molar-refractivity contribution in [3.8, 4) is 5.75 Å². The van der Waals surface area contributed by atoms with Crippen LogP contribution in [0.25, 0.3) is 0 Å². The van der Waals surface area contributed by atoms with Gasteiger partial charge in [0.15, 0.2) is 6.10 Å². The highest BCUT2D eigenvalue weighted by Gasteiger charge is 2.36. The summed E-state index contributed by atoms with van der Waals surface area (Å²) in [5.74, 6) is -0.183. The van der Waals surface area contributed by atoms with Crippen LogP contribution < -0.4 is 10.1 Å². The Morgan fingerprint density at radius 1 is 1.27 bits per heavy atom. The molecule has 0 bridgehead atoms. The lowest BCUT2D eigenvalue weighted by molar-refractivity contribution is -0.136. The third kappa shape index (κ3) is 4.18. The van der Waals surface area contributed by atoms with E-state index in [4.69, 9.17) is 4.74 Å². The smallest absolute Gasteiger partial charge is 0.265 e. The van der Waals surface area contributed by atoms with Crippen molar-refractivity contribution in [3.63, 3.8) is 0 Å². The van der Waals surface area contributed by atoms with Crippen LogP contribution in [0, 0.1) is 12.8 Å². The van der Waals surface area contributed by atoms with Crippen LogP contribution in [0.15, 0.2) is 17.0 Å². The molecule has 2 heterocycles. The van der Waals surface area contributed by atoms with Gasteiger partial charge in [-0.2, -0.15) is 4.31 Å². The van der Waals surface area contributed by atoms with Gasteiger partial charge in [-0.1, -0.05) is 6.92 Å². The predicted octanol–water partition coefficient (Wildman–Crippen LogP) is 2.37. The monoisotopic (exact) mass is 437 g/mol. The average Bonchev–Trinajstić information content (AvgIpc) is 2.73. The first-order valence-electron chi connectivity index (χ1n) is 10.6. The van der Waals surface area contributed by atoms with Crippen LogP contribution in [0.5, 0.6) is 5.75 Å². The number of aryl methyl sites for hydroxylation is 1. The minimum Gasteiger partial charge on any atom is -0.478 e. The van der Waals surface area contributed by atoms with Crippen LogP contribution in [0.3, 0.4) is 0 Å². The first kappa shape index (κ1) is 22.6. The highest BCUT2D eigenvalue weighted by Crippen LogP contribution is 2.36. The van der Waals surface area contributed by atoms with Crippen molar-refractivity contribution >= 4 is 27.5 Å². The summed E-state index contributed by atoms with van der Waals surface area (Å²) in [6, 6.07) is 3.13. The fraction of sp³-hybridized carbons (Fsp3) is 0.619. The van der Waals surface area contributed by atoms with Crippen LogP contribution in [0.2, 0.25) is 0 Å². The number of amides is 2. The summed E-state index contributed by atoms with van der Waals surface area (Å²) in [6.07, 6.45) is 1.19. The fourth-order valence-corrected chi connectivity index (χ4v) is 5.87. The summed E-state index contributed by atoms with van der Waals surface area (Å²) >= 11 is 0. The topological polar surface area (TPSA) is 96.0 Å². The van der Waals surface area contributed by atoms with E-state index in [0.29, 0.717) is 55.9 Å². The van der Waals surface area contributed by atoms with Crippen LogP contribution >= 0.6 is 0 Å². The van der Waals surface area contributed by atoms with Crippen LogP contribution in [0.1, 0.15) is 45.6 Å². The van der Waals surface area contributed by atoms with E-state index in [1.807, 2.05) is 20.8 Å². The lowest BCUT2D eigenvalue weighted by Gasteiger charge is -2.34. The normalized spacial score (nSPS) is 22.1. The van der Waals surface area contributed by atoms with E-state index >= 15 is 0 Å². The number of hydrogen-bond donors (Lipinski definition) is 1. The summed E-state index contributed by atoms with van der Waals surface area (Å²) in [6.45, 7) is 9.19. The molecule has 2 aliphatic rings. The van der Waals surface area contributed by atoms with Crippen molar-refractivity contribution in [2.24, 2.45) is 5.92 Å². The molecule has 2 aliphatic heterocycles. The van der Waals surface area contributed by atoms with Gasteiger partial charge in [-0.05, 0) is 51.7 Å². The van der Waals surface area contributed by atoms with Crippen molar-refractivity contribution < 1.29 is 22.7 Å². The molecule has 8 nitrogen and oxygen atoms in total. The standard InChI is InChI=1S/C21H31N3O5S/c1-5-17-20(25)22-16-11-14(4)19(12-18(16)29-17)30(27,28)24-10-8-9-15(13-24)21(26)23(6-2)7-3/h11-12,15,17H,5-10,13H2,1-4H3,(H,22,25). The summed E-state index contributed by atoms with van der Waals surface area (Å²) in [5, 5.41) is 2.78. The summed E-state index contributed by atoms with van der Waals surface area (Å²) in [5.41, 5.74) is 1.01. The zero-order chi connectivity index (χ0) is 22.1. The number of fused-ring (bicyclic) bond motifs is 1. The lowest BCUT2D eigenvalue weighted by atomic mass is 9.98. The molecule has 1 aromatic rings. The van der Waals surface area contributed by atoms with Gasteiger partial charge in [0, 0.05) is 32.2 Å². The number of sulfonamides is 1. The van der Waals surface area contributed by atoms with Gasteiger partial charge >= 0.3 is 0 Å². The van der Waals surface area contributed by atoms with Crippen molar-refractivity contribution in [1.29, 1.82) is 0 Å². The van der Waals surface area contributed by atoms with Gasteiger partial charge in [0.25, 0.3) is 5.91 Å². The first-order valence-corrected chi connectivity index (χ1v) is 12.1. The Kier molecular flexibility index (Phi) is 6.71. The van der Waals surface area contributed by atoms with Crippen LogP contribution in [-0.2, 0) is 19.6 Å². The minimum absolute atomic E-state index is 0.0129. The predicted molar refractivity (Wildman–Crippen MR) is 114 cm³/mol. The number of anilines is 1. The molecule has 9 heteroatoms. The van der Waals surface area contributed by atoms with E-state index in [9.17, 15) is 18.0 Å². The van der Waals surface area contributed by atoms with Crippen molar-refractivity contribution in [2.45, 2.75) is 58.0 Å². The Balaban J connectivity index is 1.88. The van der Waals surface area contributed by atoms with E-state index in [2.05, 4.69) is 5.32 Å². The third-order valence-corrected chi connectivity index (χ3v) is 7.90. The zero-order valence-electron chi connectivity index (χ0n) is 18.1. The summed E-state index contributed by atoms with van der Waals surface area (Å²) in [7, 11) is -3.80. The second-order valence-corrected chi connectivity index (χ2v) is 9.74. The molecule has 0 spiro atoms. The second-order valence-electron chi connectivity index (χ2n) is 7.83. The molecule has 0 aromatic heterocycles. The highest BCUT2D eigenvalue weighted by atomic mass is 32.2. The first-order chi connectivity index (χ1) is 14.2. The Bertz CT molecular complexity index is 927. The summed E-state index contributed by atoms with van der Waals surface area (Å²) in [4.78, 5) is 26.7. The zero-order valence-corrected chi connectivity index (χ0v) is 18.9. The quantitative estimate of drug-likeness (QED) is 0.737. The van der Waals surface area contributed by atoms with Crippen molar-refractivity contribution in [1.82, 2.24) is 9.21 Å². The van der Waals surface area contributed by atoms with Gasteiger partial charge < -0.3 is 15.0 Å². The van der Waals surface area contributed by atoms with E-state index in [1.165, 1.54) is 10.4 Å². The molecule has 30 heavy (non-hydrogen) atoms. The molecule has 3 rings (SSSR count). The maximum atomic E-state index is 13.4. The van der Waals surface area contributed by atoms with Crippen molar-refractivity contribution in [2.75, 3.05) is 31.5 Å². The molecule has 1 fully saturated rings. The molecule has 1 saturated heterocycles. The molecule has 0 radical (unpaired) electrons. The molecule has 0 aliphatic carbocycles. The van der Waals surface area contributed by atoms with E-state index in [0.717, 1.165) is 0 Å². The SMILES string of the molecule is CCC1Oc2cc(S(=O)(=O)N3CCCC(C(=O)N(CC)CC)C3)c(C)cc2NC1=O. The minimum atomic E-state index is -3.80. The Labute approximate surface area is 178 Å². The number of hydrogen-bond acceptors (Lipinski definition) is 5. The molecule has 2 unspecified atom stereocenters. The molecule has 0 saturated carbocycles. The lowest BCUT2D eigenvalue weighted by Crippen LogP contribution is -2.46. The number of piperidine rings is 1. The molecular weight excluding hydrogens is 406 g/mol. The Hall–Kier alpha value is -2.13. The number of rotatable bonds is 6. The van der Waals surface area contributed by atoms with Crippen LogP contribution in [-0.4, -0.2) is 61.7 Å². The second kappa shape index (κ2) is 8.93. The third-order valence-electron chi connectivity index (χ3n) is 5.89.